The minimum absolute atomic E-state index is 0.0253. The number of aromatic hydroxyl groups is 1. The Morgan fingerprint density at radius 2 is 1.91 bits per heavy atom. The van der Waals surface area contributed by atoms with E-state index < -0.39 is 25.9 Å². The Kier molecular flexibility index (Phi) is 4.16. The zero-order valence-corrected chi connectivity index (χ0v) is 14.4. The summed E-state index contributed by atoms with van der Waals surface area (Å²) in [6.45, 7) is 1.25. The highest BCUT2D eigenvalue weighted by atomic mass is 32.2. The van der Waals surface area contributed by atoms with Gasteiger partial charge in [-0.2, -0.15) is 4.31 Å². The third kappa shape index (κ3) is 3.52. The number of rotatable bonds is 3. The lowest BCUT2D eigenvalue weighted by molar-refractivity contribution is 0.0895. The van der Waals surface area contributed by atoms with Crippen molar-refractivity contribution in [1.82, 2.24) is 9.21 Å². The molecule has 1 aromatic rings. The number of sulfonamides is 1. The number of nitrogens with zero attached hydrogens (tertiary/aromatic N) is 2. The van der Waals surface area contributed by atoms with Gasteiger partial charge >= 0.3 is 0 Å². The summed E-state index contributed by atoms with van der Waals surface area (Å²) in [6.07, 6.45) is 1.12. The van der Waals surface area contributed by atoms with E-state index in [0.717, 1.165) is 11.8 Å². The standard InChI is InChI=1S/C14H20N2O5S2/c1-22(18,19)16-6-5-15(8-11-3-2-4-12(17)7-11)13-9-23(20,21)10-14(13)16/h2-4,7,13-14,17H,5-6,8-10H2,1H3/t13-,14+/m1/s1. The van der Waals surface area contributed by atoms with Crippen LogP contribution in [0.15, 0.2) is 24.3 Å². The number of phenols is 1. The fraction of sp³-hybridized carbons (Fsp3) is 0.571. The fourth-order valence-electron chi connectivity index (χ4n) is 3.49. The molecule has 7 nitrogen and oxygen atoms in total. The normalized spacial score (nSPS) is 28.6. The van der Waals surface area contributed by atoms with Gasteiger partial charge in [0.15, 0.2) is 9.84 Å². The van der Waals surface area contributed by atoms with Crippen LogP contribution in [0.25, 0.3) is 0 Å². The minimum atomic E-state index is -3.43. The molecule has 2 heterocycles. The molecule has 23 heavy (non-hydrogen) atoms. The first kappa shape index (κ1) is 16.7. The molecule has 128 valence electrons. The van der Waals surface area contributed by atoms with E-state index in [9.17, 15) is 21.9 Å². The van der Waals surface area contributed by atoms with Crippen LogP contribution in [0, 0.1) is 0 Å². The van der Waals surface area contributed by atoms with Gasteiger partial charge in [0.25, 0.3) is 0 Å². The van der Waals surface area contributed by atoms with Crippen molar-refractivity contribution >= 4 is 19.9 Å². The van der Waals surface area contributed by atoms with Crippen molar-refractivity contribution in [2.45, 2.75) is 18.6 Å². The summed E-state index contributed by atoms with van der Waals surface area (Å²) >= 11 is 0. The molecule has 3 rings (SSSR count). The zero-order valence-electron chi connectivity index (χ0n) is 12.8. The molecule has 0 bridgehead atoms. The van der Waals surface area contributed by atoms with Gasteiger partial charge < -0.3 is 5.11 Å². The topological polar surface area (TPSA) is 95.0 Å². The van der Waals surface area contributed by atoms with Crippen LogP contribution < -0.4 is 0 Å². The van der Waals surface area contributed by atoms with Crippen LogP contribution >= 0.6 is 0 Å². The molecule has 2 fully saturated rings. The zero-order chi connectivity index (χ0) is 16.8. The molecule has 9 heteroatoms. The molecule has 0 saturated carbocycles. The van der Waals surface area contributed by atoms with Gasteiger partial charge in [0, 0.05) is 25.7 Å². The molecule has 1 N–H and O–H groups in total. The maximum Gasteiger partial charge on any atom is 0.211 e. The van der Waals surface area contributed by atoms with Gasteiger partial charge in [0.1, 0.15) is 5.75 Å². The highest BCUT2D eigenvalue weighted by Crippen LogP contribution is 2.30. The molecular weight excluding hydrogens is 340 g/mol. The molecule has 2 aliphatic rings. The van der Waals surface area contributed by atoms with Gasteiger partial charge in [-0.25, -0.2) is 16.8 Å². The summed E-state index contributed by atoms with van der Waals surface area (Å²) in [5.74, 6) is 0.0110. The summed E-state index contributed by atoms with van der Waals surface area (Å²) in [5, 5.41) is 9.56. The van der Waals surface area contributed by atoms with Crippen LogP contribution in [0.3, 0.4) is 0 Å². The van der Waals surface area contributed by atoms with E-state index in [1.165, 1.54) is 4.31 Å². The first-order chi connectivity index (χ1) is 10.7. The van der Waals surface area contributed by atoms with Gasteiger partial charge in [-0.1, -0.05) is 12.1 Å². The van der Waals surface area contributed by atoms with E-state index in [4.69, 9.17) is 0 Å². The first-order valence-corrected chi connectivity index (χ1v) is 11.0. The number of phenolic OH excluding ortho intramolecular Hbond substituents is 1. The van der Waals surface area contributed by atoms with Crippen LogP contribution in [0.2, 0.25) is 0 Å². The van der Waals surface area contributed by atoms with E-state index in [2.05, 4.69) is 0 Å². The van der Waals surface area contributed by atoms with Crippen LogP contribution in [0.5, 0.6) is 5.75 Å². The quantitative estimate of drug-likeness (QED) is 0.791. The third-order valence-electron chi connectivity index (χ3n) is 4.46. The predicted molar refractivity (Wildman–Crippen MR) is 86.3 cm³/mol. The van der Waals surface area contributed by atoms with Crippen molar-refractivity contribution in [3.05, 3.63) is 29.8 Å². The molecule has 1 aromatic carbocycles. The molecular formula is C14H20N2O5S2. The van der Waals surface area contributed by atoms with Gasteiger partial charge in [0.05, 0.1) is 23.8 Å². The largest absolute Gasteiger partial charge is 0.508 e. The van der Waals surface area contributed by atoms with Crippen molar-refractivity contribution in [2.75, 3.05) is 30.9 Å². The lowest BCUT2D eigenvalue weighted by atomic mass is 10.1. The average Bonchev–Trinajstić information content (AvgIpc) is 2.73. The van der Waals surface area contributed by atoms with Crippen molar-refractivity contribution in [3.63, 3.8) is 0 Å². The SMILES string of the molecule is CS(=O)(=O)N1CCN(Cc2cccc(O)c2)[C@@H]2CS(=O)(=O)C[C@@H]21. The number of fused-ring (bicyclic) bond motifs is 1. The van der Waals surface area contributed by atoms with E-state index in [0.29, 0.717) is 13.1 Å². The lowest BCUT2D eigenvalue weighted by Gasteiger charge is -2.42. The Morgan fingerprint density at radius 1 is 1.22 bits per heavy atom. The van der Waals surface area contributed by atoms with Crippen molar-refractivity contribution in [1.29, 1.82) is 0 Å². The molecule has 0 aromatic heterocycles. The number of hydrogen-bond donors (Lipinski definition) is 1. The number of piperazine rings is 1. The van der Waals surface area contributed by atoms with Crippen LogP contribution in [-0.2, 0) is 26.4 Å². The number of sulfone groups is 1. The highest BCUT2D eigenvalue weighted by Gasteiger charge is 2.49. The maximum absolute atomic E-state index is 12.0. The molecule has 2 atom stereocenters. The minimum Gasteiger partial charge on any atom is -0.508 e. The summed E-state index contributed by atoms with van der Waals surface area (Å²) in [6, 6.07) is 5.95. The van der Waals surface area contributed by atoms with E-state index in [1.54, 1.807) is 18.2 Å². The van der Waals surface area contributed by atoms with Crippen molar-refractivity contribution < 1.29 is 21.9 Å². The monoisotopic (exact) mass is 360 g/mol. The maximum atomic E-state index is 12.0. The Balaban J connectivity index is 1.87. The Labute approximate surface area is 136 Å². The van der Waals surface area contributed by atoms with Gasteiger partial charge in [-0.05, 0) is 17.7 Å². The number of hydrogen-bond acceptors (Lipinski definition) is 6. The van der Waals surface area contributed by atoms with Crippen LogP contribution in [0.4, 0.5) is 0 Å². The second-order valence-electron chi connectivity index (χ2n) is 6.23. The Bertz CT molecular complexity index is 806. The van der Waals surface area contributed by atoms with Crippen LogP contribution in [-0.4, -0.2) is 74.1 Å². The predicted octanol–water partition coefficient (Wildman–Crippen LogP) is -0.365. The molecule has 0 amide bonds. The Hall–Kier alpha value is -1.16. The van der Waals surface area contributed by atoms with E-state index in [-0.39, 0.29) is 29.8 Å². The summed E-state index contributed by atoms with van der Waals surface area (Å²) < 4.78 is 49.2. The highest BCUT2D eigenvalue weighted by molar-refractivity contribution is 7.92. The molecule has 2 aliphatic heterocycles. The summed E-state index contributed by atoms with van der Waals surface area (Å²) in [7, 11) is -6.68. The van der Waals surface area contributed by atoms with Gasteiger partial charge in [-0.3, -0.25) is 4.90 Å². The number of benzene rings is 1. The second kappa shape index (κ2) is 5.73. The van der Waals surface area contributed by atoms with E-state index >= 15 is 0 Å². The Morgan fingerprint density at radius 3 is 2.57 bits per heavy atom. The van der Waals surface area contributed by atoms with E-state index in [1.807, 2.05) is 11.0 Å². The van der Waals surface area contributed by atoms with Crippen LogP contribution in [0.1, 0.15) is 5.56 Å². The lowest BCUT2D eigenvalue weighted by Crippen LogP contribution is -2.59. The summed E-state index contributed by atoms with van der Waals surface area (Å²) in [5.41, 5.74) is 0.876. The van der Waals surface area contributed by atoms with Gasteiger partial charge in [0.2, 0.25) is 10.0 Å². The van der Waals surface area contributed by atoms with Gasteiger partial charge in [-0.15, -0.1) is 0 Å². The molecule has 0 aliphatic carbocycles. The molecule has 0 spiro atoms. The summed E-state index contributed by atoms with van der Waals surface area (Å²) in [4.78, 5) is 2.01. The molecule has 0 radical (unpaired) electrons. The smallest absolute Gasteiger partial charge is 0.211 e. The second-order valence-corrected chi connectivity index (χ2v) is 10.3. The van der Waals surface area contributed by atoms with Crippen molar-refractivity contribution in [2.24, 2.45) is 0 Å². The first-order valence-electron chi connectivity index (χ1n) is 7.35. The molecule has 2 saturated heterocycles. The molecule has 0 unspecified atom stereocenters. The average molecular weight is 360 g/mol. The fourth-order valence-corrected chi connectivity index (χ4v) is 6.72. The van der Waals surface area contributed by atoms with Crippen molar-refractivity contribution in [3.8, 4) is 5.75 Å². The third-order valence-corrected chi connectivity index (χ3v) is 7.47.